The van der Waals surface area contributed by atoms with Crippen LogP contribution in [0.3, 0.4) is 0 Å². The predicted octanol–water partition coefficient (Wildman–Crippen LogP) is 2.65. The van der Waals surface area contributed by atoms with E-state index in [0.29, 0.717) is 6.61 Å². The lowest BCUT2D eigenvalue weighted by Crippen LogP contribution is -2.28. The Balaban J connectivity index is 4.48. The Morgan fingerprint density at radius 2 is 1.60 bits per heavy atom. The SMILES string of the molecule is COP(=O)(CC(=O)C[C@@H](COC(C)C)OC(C)C)OC. The summed E-state index contributed by atoms with van der Waals surface area (Å²) in [5, 5.41) is 0. The average Bonchev–Trinajstić information content (AvgIpc) is 2.34. The summed E-state index contributed by atoms with van der Waals surface area (Å²) in [6.45, 7) is 7.94. The van der Waals surface area contributed by atoms with Crippen molar-refractivity contribution < 1.29 is 27.9 Å². The molecule has 120 valence electrons. The molecule has 0 rings (SSSR count). The zero-order chi connectivity index (χ0) is 15.8. The molecular weight excluding hydrogens is 283 g/mol. The Morgan fingerprint density at radius 3 is 2.00 bits per heavy atom. The molecule has 1 atom stereocenters. The molecule has 0 aromatic heterocycles. The van der Waals surface area contributed by atoms with Crippen LogP contribution in [-0.4, -0.2) is 51.1 Å². The van der Waals surface area contributed by atoms with Crippen molar-refractivity contribution in [3.05, 3.63) is 0 Å². The summed E-state index contributed by atoms with van der Waals surface area (Å²) in [5.41, 5.74) is 0. The van der Waals surface area contributed by atoms with E-state index in [0.717, 1.165) is 0 Å². The van der Waals surface area contributed by atoms with Crippen LogP contribution in [0, 0.1) is 0 Å². The highest BCUT2D eigenvalue weighted by molar-refractivity contribution is 7.54. The van der Waals surface area contributed by atoms with Gasteiger partial charge >= 0.3 is 7.60 Å². The summed E-state index contributed by atoms with van der Waals surface area (Å²) >= 11 is 0. The fourth-order valence-corrected chi connectivity index (χ4v) is 2.54. The van der Waals surface area contributed by atoms with E-state index in [1.165, 1.54) is 14.2 Å². The van der Waals surface area contributed by atoms with Crippen LogP contribution in [-0.2, 0) is 27.9 Å². The van der Waals surface area contributed by atoms with Gasteiger partial charge in [-0.25, -0.2) is 0 Å². The summed E-state index contributed by atoms with van der Waals surface area (Å²) in [6, 6.07) is 0. The van der Waals surface area contributed by atoms with Gasteiger partial charge < -0.3 is 18.5 Å². The van der Waals surface area contributed by atoms with Crippen molar-refractivity contribution in [3.8, 4) is 0 Å². The van der Waals surface area contributed by atoms with E-state index in [4.69, 9.17) is 18.5 Å². The maximum absolute atomic E-state index is 11.9. The van der Waals surface area contributed by atoms with Crippen molar-refractivity contribution >= 4 is 13.4 Å². The number of hydrogen-bond acceptors (Lipinski definition) is 6. The molecule has 0 aliphatic heterocycles. The van der Waals surface area contributed by atoms with Crippen LogP contribution >= 0.6 is 7.60 Å². The van der Waals surface area contributed by atoms with Crippen LogP contribution in [0.2, 0.25) is 0 Å². The molecule has 0 aliphatic rings. The molecule has 6 nitrogen and oxygen atoms in total. The second kappa shape index (κ2) is 9.64. The molecule has 0 aliphatic carbocycles. The third kappa shape index (κ3) is 8.82. The first-order valence-corrected chi connectivity index (χ1v) is 8.44. The minimum absolute atomic E-state index is 0.0137. The molecule has 0 unspecified atom stereocenters. The van der Waals surface area contributed by atoms with Crippen molar-refractivity contribution in [1.29, 1.82) is 0 Å². The molecule has 7 heteroatoms. The van der Waals surface area contributed by atoms with Gasteiger partial charge in [-0.05, 0) is 27.7 Å². The Morgan fingerprint density at radius 1 is 1.05 bits per heavy atom. The minimum Gasteiger partial charge on any atom is -0.376 e. The van der Waals surface area contributed by atoms with Crippen molar-refractivity contribution in [3.63, 3.8) is 0 Å². The zero-order valence-electron chi connectivity index (χ0n) is 13.3. The van der Waals surface area contributed by atoms with Crippen LogP contribution in [0.15, 0.2) is 0 Å². The summed E-state index contributed by atoms with van der Waals surface area (Å²) in [6.07, 6.45) is -0.430. The van der Waals surface area contributed by atoms with Crippen LogP contribution in [0.4, 0.5) is 0 Å². The normalized spacial score (nSPS) is 14.0. The van der Waals surface area contributed by atoms with Crippen molar-refractivity contribution in [2.45, 2.75) is 52.4 Å². The Kier molecular flexibility index (Phi) is 9.51. The van der Waals surface area contributed by atoms with Crippen molar-refractivity contribution in [2.75, 3.05) is 27.0 Å². The number of carbonyl (C=O) groups is 1. The number of ketones is 1. The van der Waals surface area contributed by atoms with E-state index in [1.807, 2.05) is 27.7 Å². The van der Waals surface area contributed by atoms with E-state index < -0.39 is 7.60 Å². The Labute approximate surface area is 121 Å². The highest BCUT2D eigenvalue weighted by Crippen LogP contribution is 2.46. The smallest absolute Gasteiger partial charge is 0.337 e. The molecule has 0 amide bonds. The first-order chi connectivity index (χ1) is 9.22. The Bertz CT molecular complexity index is 321. The molecule has 0 spiro atoms. The minimum atomic E-state index is -3.31. The lowest BCUT2D eigenvalue weighted by molar-refractivity contribution is -0.123. The van der Waals surface area contributed by atoms with E-state index in [2.05, 4.69) is 0 Å². The van der Waals surface area contributed by atoms with Gasteiger partial charge in [-0.3, -0.25) is 9.36 Å². The van der Waals surface area contributed by atoms with Gasteiger partial charge in [-0.15, -0.1) is 0 Å². The summed E-state index contributed by atoms with van der Waals surface area (Å²) in [4.78, 5) is 11.9. The fraction of sp³-hybridized carbons (Fsp3) is 0.923. The first-order valence-electron chi connectivity index (χ1n) is 6.71. The van der Waals surface area contributed by atoms with E-state index in [9.17, 15) is 9.36 Å². The molecular formula is C13H27O6P. The van der Waals surface area contributed by atoms with Crippen molar-refractivity contribution in [1.82, 2.24) is 0 Å². The molecule has 0 aromatic rings. The monoisotopic (exact) mass is 310 g/mol. The standard InChI is InChI=1S/C13H27O6P/c1-10(2)18-8-13(19-11(3)4)7-12(14)9-20(15,16-5)17-6/h10-11,13H,7-9H2,1-6H3/t13-/m0/s1. The van der Waals surface area contributed by atoms with Gasteiger partial charge in [0.15, 0.2) is 0 Å². The lowest BCUT2D eigenvalue weighted by atomic mass is 10.2. The van der Waals surface area contributed by atoms with Gasteiger partial charge in [0.05, 0.1) is 24.9 Å². The zero-order valence-corrected chi connectivity index (χ0v) is 14.1. The molecule has 20 heavy (non-hydrogen) atoms. The fourth-order valence-electron chi connectivity index (χ4n) is 1.57. The van der Waals surface area contributed by atoms with Gasteiger partial charge in [0, 0.05) is 20.6 Å². The number of Topliss-reactive ketones (excluding diaryl/α,β-unsaturated/α-hetero) is 1. The van der Waals surface area contributed by atoms with Gasteiger partial charge in [-0.1, -0.05) is 0 Å². The second-order valence-corrected chi connectivity index (χ2v) is 7.33. The predicted molar refractivity (Wildman–Crippen MR) is 77.2 cm³/mol. The summed E-state index contributed by atoms with van der Waals surface area (Å²) in [7, 11) is -0.781. The van der Waals surface area contributed by atoms with Gasteiger partial charge in [-0.2, -0.15) is 0 Å². The molecule has 0 radical (unpaired) electrons. The average molecular weight is 310 g/mol. The molecule has 0 fully saturated rings. The molecule has 0 aromatic carbocycles. The highest BCUT2D eigenvalue weighted by atomic mass is 31.2. The maximum Gasteiger partial charge on any atom is 0.337 e. The van der Waals surface area contributed by atoms with Crippen LogP contribution in [0.1, 0.15) is 34.1 Å². The molecule has 0 bridgehead atoms. The third-order valence-electron chi connectivity index (χ3n) is 2.46. The first kappa shape index (κ1) is 19.7. The summed E-state index contributed by atoms with van der Waals surface area (Å²) < 4.78 is 32.5. The number of rotatable bonds is 11. The van der Waals surface area contributed by atoms with E-state index >= 15 is 0 Å². The molecule has 0 saturated carbocycles. The largest absolute Gasteiger partial charge is 0.376 e. The van der Waals surface area contributed by atoms with Gasteiger partial charge in [0.1, 0.15) is 11.9 Å². The lowest BCUT2D eigenvalue weighted by Gasteiger charge is -2.22. The van der Waals surface area contributed by atoms with Crippen LogP contribution in [0.5, 0.6) is 0 Å². The van der Waals surface area contributed by atoms with Gasteiger partial charge in [0.25, 0.3) is 0 Å². The second-order valence-electron chi connectivity index (χ2n) is 5.07. The number of carbonyl (C=O) groups excluding carboxylic acids is 1. The molecule has 0 N–H and O–H groups in total. The van der Waals surface area contributed by atoms with Crippen molar-refractivity contribution in [2.24, 2.45) is 0 Å². The maximum atomic E-state index is 11.9. The number of ether oxygens (including phenoxy) is 2. The highest BCUT2D eigenvalue weighted by Gasteiger charge is 2.27. The summed E-state index contributed by atoms with van der Waals surface area (Å²) in [5.74, 6) is -0.227. The molecule has 0 heterocycles. The number of hydrogen-bond donors (Lipinski definition) is 0. The van der Waals surface area contributed by atoms with Crippen LogP contribution in [0.25, 0.3) is 0 Å². The Hall–Kier alpha value is -0.260. The molecule has 0 saturated heterocycles. The van der Waals surface area contributed by atoms with E-state index in [-0.39, 0.29) is 36.7 Å². The van der Waals surface area contributed by atoms with Crippen LogP contribution < -0.4 is 0 Å². The topological polar surface area (TPSA) is 71.1 Å². The third-order valence-corrected chi connectivity index (χ3v) is 4.31. The van der Waals surface area contributed by atoms with E-state index in [1.54, 1.807) is 0 Å². The quantitative estimate of drug-likeness (QED) is 0.546. The van der Waals surface area contributed by atoms with Gasteiger partial charge in [0.2, 0.25) is 0 Å².